The average molecular weight is 414 g/mol. The van der Waals surface area contributed by atoms with Gasteiger partial charge in [-0.25, -0.2) is 8.78 Å². The molecule has 1 aromatic heterocycles. The lowest BCUT2D eigenvalue weighted by atomic mass is 10.0. The largest absolute Gasteiger partial charge is 0.329 e. The van der Waals surface area contributed by atoms with E-state index in [1.165, 1.54) is 6.20 Å². The van der Waals surface area contributed by atoms with Crippen LogP contribution in [0.3, 0.4) is 0 Å². The Morgan fingerprint density at radius 1 is 1.00 bits per heavy atom. The number of benzene rings is 2. The van der Waals surface area contributed by atoms with Crippen LogP contribution < -0.4 is 10.6 Å². The molecule has 2 aromatic carbocycles. The fraction of sp³-hybridized carbons (Fsp3) is 0. The second-order valence-electron chi connectivity index (χ2n) is 5.88. The van der Waals surface area contributed by atoms with Gasteiger partial charge in [-0.05, 0) is 42.1 Å². The monoisotopic (exact) mass is 413 g/mol. The Hall–Kier alpha value is -3.58. The second-order valence-corrected chi connectivity index (χ2v) is 6.29. The first-order valence-electron chi connectivity index (χ1n) is 8.33. The molecule has 2 N–H and O–H groups in total. The first kappa shape index (κ1) is 20.2. The number of nitrogens with zero attached hydrogens (tertiary/aromatic N) is 1. The molecule has 0 aliphatic rings. The number of nitrogens with one attached hydrogen (secondary N) is 2. The Morgan fingerprint density at radius 2 is 1.66 bits per heavy atom. The molecule has 5 nitrogen and oxygen atoms in total. The molecular weight excluding hydrogens is 400 g/mol. The highest BCUT2D eigenvalue weighted by Crippen LogP contribution is 2.30. The fourth-order valence-electron chi connectivity index (χ4n) is 2.62. The quantitative estimate of drug-likeness (QED) is 0.630. The summed E-state index contributed by atoms with van der Waals surface area (Å²) >= 11 is 6.24. The highest BCUT2D eigenvalue weighted by Gasteiger charge is 2.18. The van der Waals surface area contributed by atoms with Gasteiger partial charge in [0.15, 0.2) is 11.6 Å². The van der Waals surface area contributed by atoms with Gasteiger partial charge >= 0.3 is 0 Å². The SMILES string of the molecule is C=CNC(=O)c1ccc(Cl)c(-c2ccc(NC(=O)c3c(F)cncc3F)cc2)c1. The molecule has 0 bridgehead atoms. The maximum absolute atomic E-state index is 13.7. The molecule has 3 rings (SSSR count). The van der Waals surface area contributed by atoms with Crippen LogP contribution in [0.15, 0.2) is 67.6 Å². The molecular formula is C21H14ClF2N3O2. The molecule has 0 radical (unpaired) electrons. The van der Waals surface area contributed by atoms with Crippen LogP contribution in [0.1, 0.15) is 20.7 Å². The minimum Gasteiger partial charge on any atom is -0.329 e. The number of anilines is 1. The second kappa shape index (κ2) is 8.62. The van der Waals surface area contributed by atoms with E-state index in [-0.39, 0.29) is 5.91 Å². The van der Waals surface area contributed by atoms with Crippen LogP contribution in [0.5, 0.6) is 0 Å². The zero-order valence-corrected chi connectivity index (χ0v) is 15.6. The van der Waals surface area contributed by atoms with E-state index < -0.39 is 23.1 Å². The van der Waals surface area contributed by atoms with Crippen molar-refractivity contribution < 1.29 is 18.4 Å². The topological polar surface area (TPSA) is 71.1 Å². The highest BCUT2D eigenvalue weighted by molar-refractivity contribution is 6.33. The van der Waals surface area contributed by atoms with Crippen molar-refractivity contribution in [1.82, 2.24) is 10.3 Å². The summed E-state index contributed by atoms with van der Waals surface area (Å²) < 4.78 is 27.3. The van der Waals surface area contributed by atoms with E-state index in [9.17, 15) is 18.4 Å². The summed E-state index contributed by atoms with van der Waals surface area (Å²) in [5.74, 6) is -3.37. The van der Waals surface area contributed by atoms with Crippen LogP contribution >= 0.6 is 11.6 Å². The average Bonchev–Trinajstić information content (AvgIpc) is 2.69. The Morgan fingerprint density at radius 3 is 2.28 bits per heavy atom. The van der Waals surface area contributed by atoms with Gasteiger partial charge in [0, 0.05) is 21.8 Å². The van der Waals surface area contributed by atoms with Crippen molar-refractivity contribution in [2.75, 3.05) is 5.32 Å². The Kier molecular flexibility index (Phi) is 5.99. The molecule has 0 saturated heterocycles. The number of hydrogen-bond donors (Lipinski definition) is 2. The van der Waals surface area contributed by atoms with Gasteiger partial charge in [-0.3, -0.25) is 14.6 Å². The fourth-order valence-corrected chi connectivity index (χ4v) is 2.85. The van der Waals surface area contributed by atoms with E-state index in [1.807, 2.05) is 0 Å². The van der Waals surface area contributed by atoms with Crippen LogP contribution in [0.25, 0.3) is 11.1 Å². The number of rotatable bonds is 5. The van der Waals surface area contributed by atoms with Crippen LogP contribution in [-0.2, 0) is 0 Å². The molecule has 0 fully saturated rings. The van der Waals surface area contributed by atoms with Gasteiger partial charge in [-0.1, -0.05) is 30.3 Å². The molecule has 146 valence electrons. The Labute approximate surface area is 170 Å². The maximum Gasteiger partial charge on any atom is 0.261 e. The van der Waals surface area contributed by atoms with Gasteiger partial charge in [-0.2, -0.15) is 0 Å². The summed E-state index contributed by atoms with van der Waals surface area (Å²) in [5, 5.41) is 5.34. The molecule has 0 unspecified atom stereocenters. The minimum absolute atomic E-state index is 0.325. The third kappa shape index (κ3) is 4.47. The van der Waals surface area contributed by atoms with Crippen LogP contribution in [0, 0.1) is 11.6 Å². The number of hydrogen-bond acceptors (Lipinski definition) is 3. The molecule has 0 aliphatic carbocycles. The predicted molar refractivity (Wildman–Crippen MR) is 107 cm³/mol. The molecule has 0 spiro atoms. The van der Waals surface area contributed by atoms with E-state index >= 15 is 0 Å². The number of halogens is 3. The Bertz CT molecular complexity index is 1080. The summed E-state index contributed by atoms with van der Waals surface area (Å²) in [7, 11) is 0. The van der Waals surface area contributed by atoms with Crippen molar-refractivity contribution in [3.05, 3.63) is 95.4 Å². The molecule has 0 aliphatic heterocycles. The lowest BCUT2D eigenvalue weighted by molar-refractivity contribution is 0.0968. The molecule has 0 atom stereocenters. The zero-order valence-electron chi connectivity index (χ0n) is 14.9. The predicted octanol–water partition coefficient (Wildman–Crippen LogP) is 4.81. The number of pyridine rings is 1. The number of amides is 2. The van der Waals surface area contributed by atoms with Crippen LogP contribution in [-0.4, -0.2) is 16.8 Å². The van der Waals surface area contributed by atoms with Gasteiger partial charge in [0.2, 0.25) is 0 Å². The maximum atomic E-state index is 13.7. The van der Waals surface area contributed by atoms with Crippen molar-refractivity contribution in [3.8, 4) is 11.1 Å². The third-order valence-corrected chi connectivity index (χ3v) is 4.33. The van der Waals surface area contributed by atoms with Crippen LogP contribution in [0.4, 0.5) is 14.5 Å². The van der Waals surface area contributed by atoms with Gasteiger partial charge in [0.25, 0.3) is 11.8 Å². The van der Waals surface area contributed by atoms with Crippen molar-refractivity contribution in [2.45, 2.75) is 0 Å². The van der Waals surface area contributed by atoms with Gasteiger partial charge < -0.3 is 10.6 Å². The first-order chi connectivity index (χ1) is 13.9. The number of aromatic nitrogens is 1. The van der Waals surface area contributed by atoms with Crippen molar-refractivity contribution in [3.63, 3.8) is 0 Å². The summed E-state index contributed by atoms with van der Waals surface area (Å²) in [4.78, 5) is 27.5. The Balaban J connectivity index is 1.84. The number of carbonyl (C=O) groups is 2. The van der Waals surface area contributed by atoms with E-state index in [4.69, 9.17) is 11.6 Å². The molecule has 29 heavy (non-hydrogen) atoms. The molecule has 1 heterocycles. The normalized spacial score (nSPS) is 10.3. The third-order valence-electron chi connectivity index (χ3n) is 4.00. The standard InChI is InChI=1S/C21H14ClF2N3O2/c1-2-26-20(28)13-5-8-16(22)15(9-13)12-3-6-14(7-4-12)27-21(29)19-17(23)10-25-11-18(19)24/h2-11H,1H2,(H,26,28)(H,27,29). The van der Waals surface area contributed by atoms with Gasteiger partial charge in [0.1, 0.15) is 5.56 Å². The van der Waals surface area contributed by atoms with E-state index in [1.54, 1.807) is 42.5 Å². The molecule has 8 heteroatoms. The van der Waals surface area contributed by atoms with E-state index in [0.29, 0.717) is 27.4 Å². The molecule has 0 saturated carbocycles. The van der Waals surface area contributed by atoms with Gasteiger partial charge in [-0.15, -0.1) is 0 Å². The lowest BCUT2D eigenvalue weighted by Crippen LogP contribution is -2.16. The lowest BCUT2D eigenvalue weighted by Gasteiger charge is -2.10. The molecule has 3 aromatic rings. The molecule has 2 amide bonds. The van der Waals surface area contributed by atoms with Gasteiger partial charge in [0.05, 0.1) is 12.4 Å². The zero-order chi connectivity index (χ0) is 21.0. The smallest absolute Gasteiger partial charge is 0.261 e. The van der Waals surface area contributed by atoms with Crippen LogP contribution in [0.2, 0.25) is 5.02 Å². The summed E-state index contributed by atoms with van der Waals surface area (Å²) in [6.07, 6.45) is 2.81. The van der Waals surface area contributed by atoms with E-state index in [2.05, 4.69) is 22.2 Å². The highest BCUT2D eigenvalue weighted by atomic mass is 35.5. The summed E-state index contributed by atoms with van der Waals surface area (Å²) in [5.41, 5.74) is 1.29. The summed E-state index contributed by atoms with van der Waals surface area (Å²) in [6.45, 7) is 3.45. The summed E-state index contributed by atoms with van der Waals surface area (Å²) in [6, 6.07) is 11.2. The number of carbonyl (C=O) groups excluding carboxylic acids is 2. The van der Waals surface area contributed by atoms with E-state index in [0.717, 1.165) is 12.4 Å². The van der Waals surface area contributed by atoms with Crippen molar-refractivity contribution in [1.29, 1.82) is 0 Å². The van der Waals surface area contributed by atoms with Crippen molar-refractivity contribution in [2.24, 2.45) is 0 Å². The minimum atomic E-state index is -1.06. The first-order valence-corrected chi connectivity index (χ1v) is 8.70. The van der Waals surface area contributed by atoms with Crippen molar-refractivity contribution >= 4 is 29.1 Å².